The molecule has 2 N–H and O–H groups in total. The lowest BCUT2D eigenvalue weighted by molar-refractivity contribution is 0.477. The Morgan fingerprint density at radius 1 is 1.27 bits per heavy atom. The third kappa shape index (κ3) is 1.31. The van der Waals surface area contributed by atoms with Crippen LogP contribution in [0.2, 0.25) is 0 Å². The summed E-state index contributed by atoms with van der Waals surface area (Å²) < 4.78 is 2.23. The van der Waals surface area contributed by atoms with Crippen LogP contribution in [0.3, 0.4) is 0 Å². The van der Waals surface area contributed by atoms with E-state index in [0.717, 1.165) is 37.0 Å². The molecule has 0 saturated heterocycles. The van der Waals surface area contributed by atoms with Gasteiger partial charge in [0, 0.05) is 37.1 Å². The number of hydrogen-bond acceptors (Lipinski definition) is 2. The summed E-state index contributed by atoms with van der Waals surface area (Å²) in [5.41, 5.74) is 2.30. The molecule has 3 rings (SSSR count). The van der Waals surface area contributed by atoms with Crippen LogP contribution >= 0.6 is 0 Å². The van der Waals surface area contributed by atoms with E-state index in [9.17, 15) is 5.11 Å². The van der Waals surface area contributed by atoms with Crippen LogP contribution in [0.5, 0.6) is 5.75 Å². The number of aromatic nitrogens is 1. The molecule has 0 amide bonds. The second-order valence-electron chi connectivity index (χ2n) is 4.00. The van der Waals surface area contributed by atoms with Crippen molar-refractivity contribution in [2.75, 3.05) is 13.1 Å². The highest BCUT2D eigenvalue weighted by Gasteiger charge is 2.13. The van der Waals surface area contributed by atoms with E-state index >= 15 is 0 Å². The monoisotopic (exact) mass is 202 g/mol. The van der Waals surface area contributed by atoms with Gasteiger partial charge in [0.2, 0.25) is 0 Å². The van der Waals surface area contributed by atoms with E-state index in [1.165, 1.54) is 5.69 Å². The van der Waals surface area contributed by atoms with E-state index in [1.807, 2.05) is 6.07 Å². The topological polar surface area (TPSA) is 37.2 Å². The van der Waals surface area contributed by atoms with Gasteiger partial charge in [0.15, 0.2) is 0 Å². The van der Waals surface area contributed by atoms with Crippen molar-refractivity contribution in [1.82, 2.24) is 9.88 Å². The summed E-state index contributed by atoms with van der Waals surface area (Å²) in [7, 11) is 0. The highest BCUT2D eigenvalue weighted by Crippen LogP contribution is 2.28. The van der Waals surface area contributed by atoms with Crippen molar-refractivity contribution < 1.29 is 5.11 Å². The van der Waals surface area contributed by atoms with Gasteiger partial charge in [-0.25, -0.2) is 0 Å². The number of benzene rings is 1. The fourth-order valence-electron chi connectivity index (χ4n) is 2.36. The number of aromatic hydroxyl groups is 1. The first kappa shape index (κ1) is 8.80. The number of phenols is 1. The predicted octanol–water partition coefficient (Wildman–Crippen LogP) is 1.49. The van der Waals surface area contributed by atoms with Gasteiger partial charge in [-0.3, -0.25) is 0 Å². The first-order valence-corrected chi connectivity index (χ1v) is 5.37. The van der Waals surface area contributed by atoms with Crippen LogP contribution in [0.25, 0.3) is 10.9 Å². The van der Waals surface area contributed by atoms with Crippen LogP contribution in [0.15, 0.2) is 24.3 Å². The normalized spacial score (nSPS) is 16.3. The molecule has 1 aliphatic heterocycles. The van der Waals surface area contributed by atoms with Gasteiger partial charge in [0.05, 0.1) is 5.52 Å². The van der Waals surface area contributed by atoms with E-state index in [4.69, 9.17) is 0 Å². The zero-order valence-electron chi connectivity index (χ0n) is 8.53. The van der Waals surface area contributed by atoms with Gasteiger partial charge < -0.3 is 15.0 Å². The predicted molar refractivity (Wildman–Crippen MR) is 60.2 cm³/mol. The number of fused-ring (bicyclic) bond motifs is 3. The Morgan fingerprint density at radius 3 is 3.13 bits per heavy atom. The highest BCUT2D eigenvalue weighted by atomic mass is 16.3. The Kier molecular flexibility index (Phi) is 1.92. The number of phenolic OH excluding ortho intramolecular Hbond substituents is 1. The molecule has 3 nitrogen and oxygen atoms in total. The lowest BCUT2D eigenvalue weighted by Crippen LogP contribution is -2.17. The van der Waals surface area contributed by atoms with Crippen molar-refractivity contribution in [2.45, 2.75) is 13.0 Å². The van der Waals surface area contributed by atoms with Crippen LogP contribution in [0.4, 0.5) is 0 Å². The van der Waals surface area contributed by atoms with E-state index in [-0.39, 0.29) is 0 Å². The van der Waals surface area contributed by atoms with Crippen LogP contribution in [0, 0.1) is 0 Å². The molecule has 0 saturated carbocycles. The van der Waals surface area contributed by atoms with Crippen molar-refractivity contribution in [3.05, 3.63) is 30.0 Å². The molecule has 1 aromatic heterocycles. The van der Waals surface area contributed by atoms with Crippen molar-refractivity contribution >= 4 is 10.9 Å². The van der Waals surface area contributed by atoms with Crippen LogP contribution < -0.4 is 5.32 Å². The van der Waals surface area contributed by atoms with Gasteiger partial charge in [0.1, 0.15) is 5.75 Å². The number of nitrogens with one attached hydrogen (secondary N) is 1. The average molecular weight is 202 g/mol. The molecule has 15 heavy (non-hydrogen) atoms. The fourth-order valence-corrected chi connectivity index (χ4v) is 2.36. The van der Waals surface area contributed by atoms with Crippen molar-refractivity contribution in [3.63, 3.8) is 0 Å². The highest BCUT2D eigenvalue weighted by molar-refractivity contribution is 5.86. The summed E-state index contributed by atoms with van der Waals surface area (Å²) in [6.45, 7) is 2.94. The minimum Gasteiger partial charge on any atom is -0.506 e. The number of para-hydroxylation sites is 1. The molecule has 0 aliphatic carbocycles. The zero-order chi connectivity index (χ0) is 10.3. The van der Waals surface area contributed by atoms with Gasteiger partial charge in [-0.2, -0.15) is 0 Å². The third-order valence-corrected chi connectivity index (χ3v) is 3.05. The van der Waals surface area contributed by atoms with Crippen LogP contribution in [-0.2, 0) is 13.0 Å². The number of nitrogens with zero attached hydrogens (tertiary/aromatic N) is 1. The Bertz CT molecular complexity index is 502. The molecular formula is C12H14N2O. The molecule has 0 bridgehead atoms. The van der Waals surface area contributed by atoms with E-state index in [1.54, 1.807) is 6.07 Å². The summed E-state index contributed by atoms with van der Waals surface area (Å²) in [6, 6.07) is 7.90. The van der Waals surface area contributed by atoms with Crippen molar-refractivity contribution in [3.8, 4) is 5.75 Å². The fraction of sp³-hybridized carbons (Fsp3) is 0.333. The van der Waals surface area contributed by atoms with E-state index in [0.29, 0.717) is 5.75 Å². The minimum atomic E-state index is 0.389. The van der Waals surface area contributed by atoms with Gasteiger partial charge in [-0.05, 0) is 12.1 Å². The smallest absolute Gasteiger partial charge is 0.139 e. The molecule has 0 radical (unpaired) electrons. The Hall–Kier alpha value is -1.48. The molecule has 2 heterocycles. The molecule has 3 heteroatoms. The second-order valence-corrected chi connectivity index (χ2v) is 4.00. The van der Waals surface area contributed by atoms with Crippen molar-refractivity contribution in [1.29, 1.82) is 0 Å². The molecule has 0 unspecified atom stereocenters. The maximum absolute atomic E-state index is 9.87. The standard InChI is InChI=1S/C12H14N2O/c15-11-3-1-2-9-8-10-4-5-13-6-7-14(10)12(9)11/h1-3,8,13,15H,4-7H2. The van der Waals surface area contributed by atoms with E-state index < -0.39 is 0 Å². The molecular weight excluding hydrogens is 188 g/mol. The molecule has 0 fully saturated rings. The maximum Gasteiger partial charge on any atom is 0.139 e. The summed E-state index contributed by atoms with van der Waals surface area (Å²) in [5, 5.41) is 14.4. The van der Waals surface area contributed by atoms with Gasteiger partial charge in [0.25, 0.3) is 0 Å². The van der Waals surface area contributed by atoms with Crippen molar-refractivity contribution in [2.24, 2.45) is 0 Å². The Morgan fingerprint density at radius 2 is 2.20 bits per heavy atom. The number of hydrogen-bond donors (Lipinski definition) is 2. The largest absolute Gasteiger partial charge is 0.506 e. The molecule has 0 spiro atoms. The maximum atomic E-state index is 9.87. The lowest BCUT2D eigenvalue weighted by atomic mass is 10.2. The van der Waals surface area contributed by atoms with Crippen LogP contribution in [-0.4, -0.2) is 22.8 Å². The Balaban J connectivity index is 2.29. The summed E-state index contributed by atoms with van der Waals surface area (Å²) in [4.78, 5) is 0. The summed E-state index contributed by atoms with van der Waals surface area (Å²) in [5.74, 6) is 0.389. The molecule has 0 atom stereocenters. The first-order valence-electron chi connectivity index (χ1n) is 5.37. The molecule has 78 valence electrons. The van der Waals surface area contributed by atoms with Gasteiger partial charge in [-0.15, -0.1) is 0 Å². The molecule has 2 aromatic rings. The number of rotatable bonds is 0. The van der Waals surface area contributed by atoms with Crippen LogP contribution in [0.1, 0.15) is 5.69 Å². The SMILES string of the molecule is Oc1cccc2cc3n(c12)CCNCC3. The van der Waals surface area contributed by atoms with E-state index in [2.05, 4.69) is 22.0 Å². The minimum absolute atomic E-state index is 0.389. The summed E-state index contributed by atoms with van der Waals surface area (Å²) >= 11 is 0. The Labute approximate surface area is 88.3 Å². The quantitative estimate of drug-likeness (QED) is 0.679. The van der Waals surface area contributed by atoms with Gasteiger partial charge in [-0.1, -0.05) is 12.1 Å². The molecule has 1 aliphatic rings. The van der Waals surface area contributed by atoms with Gasteiger partial charge >= 0.3 is 0 Å². The lowest BCUT2D eigenvalue weighted by Gasteiger charge is -2.06. The third-order valence-electron chi connectivity index (χ3n) is 3.05. The molecule has 1 aromatic carbocycles. The summed E-state index contributed by atoms with van der Waals surface area (Å²) in [6.07, 6.45) is 1.04. The second kappa shape index (κ2) is 3.28. The zero-order valence-corrected chi connectivity index (χ0v) is 8.53. The average Bonchev–Trinajstić information content (AvgIpc) is 2.43. The first-order chi connectivity index (χ1) is 7.36.